The van der Waals surface area contributed by atoms with Crippen LogP contribution in [0.1, 0.15) is 32.6 Å². The predicted octanol–water partition coefficient (Wildman–Crippen LogP) is 4.57. The summed E-state index contributed by atoms with van der Waals surface area (Å²) in [6.07, 6.45) is 1.19. The Balaban J connectivity index is 2.43. The van der Waals surface area contributed by atoms with E-state index in [1.807, 2.05) is 11.3 Å². The molecule has 3 heteroatoms. The molecule has 0 aliphatic rings. The van der Waals surface area contributed by atoms with Crippen LogP contribution in [0.3, 0.4) is 0 Å². The third-order valence-electron chi connectivity index (χ3n) is 2.99. The van der Waals surface area contributed by atoms with Crippen molar-refractivity contribution in [2.75, 3.05) is 13.1 Å². The lowest BCUT2D eigenvalue weighted by atomic mass is 9.91. The minimum Gasteiger partial charge on any atom is -0.316 e. The molecule has 0 fully saturated rings. The number of hydrogen-bond acceptors (Lipinski definition) is 2. The summed E-state index contributed by atoms with van der Waals surface area (Å²) in [6.45, 7) is 11.4. The van der Waals surface area contributed by atoms with Crippen LogP contribution in [0.15, 0.2) is 15.9 Å². The lowest BCUT2D eigenvalue weighted by Crippen LogP contribution is -2.30. The van der Waals surface area contributed by atoms with Crippen LogP contribution in [0.4, 0.5) is 0 Å². The van der Waals surface area contributed by atoms with E-state index in [1.165, 1.54) is 15.1 Å². The van der Waals surface area contributed by atoms with Gasteiger partial charge in [0.2, 0.25) is 0 Å². The molecular formula is C14H24BrNS. The average molecular weight is 318 g/mol. The van der Waals surface area contributed by atoms with Crippen molar-refractivity contribution in [2.45, 2.75) is 34.1 Å². The van der Waals surface area contributed by atoms with E-state index in [1.54, 1.807) is 0 Å². The molecular weight excluding hydrogens is 294 g/mol. The maximum Gasteiger partial charge on any atom is 0.0701 e. The first-order chi connectivity index (χ1) is 7.99. The SMILES string of the molecule is CC(C)CNCC(Cc1ccc(Br)s1)C(C)C. The summed E-state index contributed by atoms with van der Waals surface area (Å²) >= 11 is 5.40. The van der Waals surface area contributed by atoms with E-state index in [0.717, 1.165) is 30.8 Å². The van der Waals surface area contributed by atoms with E-state index >= 15 is 0 Å². The Bertz CT molecular complexity index is 320. The van der Waals surface area contributed by atoms with Gasteiger partial charge in [0.05, 0.1) is 3.79 Å². The number of halogens is 1. The van der Waals surface area contributed by atoms with Crippen molar-refractivity contribution in [3.05, 3.63) is 20.8 Å². The third-order valence-corrected chi connectivity index (χ3v) is 4.64. The van der Waals surface area contributed by atoms with Crippen LogP contribution in [0.5, 0.6) is 0 Å². The molecule has 1 aromatic heterocycles. The first-order valence-electron chi connectivity index (χ1n) is 6.44. The molecule has 0 saturated heterocycles. The molecule has 1 N–H and O–H groups in total. The zero-order valence-electron chi connectivity index (χ0n) is 11.3. The summed E-state index contributed by atoms with van der Waals surface area (Å²) in [7, 11) is 0. The molecule has 1 atom stereocenters. The predicted molar refractivity (Wildman–Crippen MR) is 81.8 cm³/mol. The van der Waals surface area contributed by atoms with Gasteiger partial charge in [-0.05, 0) is 65.3 Å². The zero-order chi connectivity index (χ0) is 12.8. The van der Waals surface area contributed by atoms with E-state index in [0.29, 0.717) is 0 Å². The maximum absolute atomic E-state index is 3.59. The molecule has 0 amide bonds. The highest BCUT2D eigenvalue weighted by Crippen LogP contribution is 2.26. The maximum atomic E-state index is 3.59. The second-order valence-electron chi connectivity index (χ2n) is 5.47. The Labute approximate surface area is 118 Å². The first kappa shape index (κ1) is 15.2. The summed E-state index contributed by atoms with van der Waals surface area (Å²) in [5.74, 6) is 2.20. The second kappa shape index (κ2) is 7.55. The van der Waals surface area contributed by atoms with Gasteiger partial charge in [0, 0.05) is 4.88 Å². The second-order valence-corrected chi connectivity index (χ2v) is 8.01. The number of nitrogens with one attached hydrogen (secondary N) is 1. The van der Waals surface area contributed by atoms with Gasteiger partial charge in [0.25, 0.3) is 0 Å². The molecule has 1 heterocycles. The van der Waals surface area contributed by atoms with Crippen molar-refractivity contribution in [3.8, 4) is 0 Å². The fourth-order valence-corrected chi connectivity index (χ4v) is 3.40. The highest BCUT2D eigenvalue weighted by atomic mass is 79.9. The molecule has 0 aliphatic heterocycles. The number of rotatable bonds is 7. The summed E-state index contributed by atoms with van der Waals surface area (Å²) in [4.78, 5) is 1.49. The van der Waals surface area contributed by atoms with Crippen molar-refractivity contribution in [1.29, 1.82) is 0 Å². The Morgan fingerprint density at radius 2 is 1.88 bits per heavy atom. The molecule has 98 valence electrons. The van der Waals surface area contributed by atoms with E-state index in [4.69, 9.17) is 0 Å². The van der Waals surface area contributed by atoms with E-state index in [9.17, 15) is 0 Å². The lowest BCUT2D eigenvalue weighted by Gasteiger charge is -2.21. The van der Waals surface area contributed by atoms with Crippen molar-refractivity contribution < 1.29 is 0 Å². The van der Waals surface area contributed by atoms with Crippen LogP contribution in [-0.2, 0) is 6.42 Å². The average Bonchev–Trinajstić information content (AvgIpc) is 2.62. The minimum absolute atomic E-state index is 0.732. The van der Waals surface area contributed by atoms with Gasteiger partial charge in [-0.1, -0.05) is 27.7 Å². The topological polar surface area (TPSA) is 12.0 Å². The summed E-state index contributed by atoms with van der Waals surface area (Å²) in [5.41, 5.74) is 0. The van der Waals surface area contributed by atoms with Crippen molar-refractivity contribution >= 4 is 27.3 Å². The molecule has 17 heavy (non-hydrogen) atoms. The molecule has 1 unspecified atom stereocenters. The molecule has 0 bridgehead atoms. The van der Waals surface area contributed by atoms with Gasteiger partial charge in [0.1, 0.15) is 0 Å². The highest BCUT2D eigenvalue weighted by molar-refractivity contribution is 9.11. The molecule has 0 aliphatic carbocycles. The number of thiophene rings is 1. The molecule has 1 aromatic rings. The van der Waals surface area contributed by atoms with Gasteiger partial charge in [-0.25, -0.2) is 0 Å². The fourth-order valence-electron chi connectivity index (χ4n) is 1.82. The van der Waals surface area contributed by atoms with Crippen LogP contribution in [0.2, 0.25) is 0 Å². The quantitative estimate of drug-likeness (QED) is 0.776. The third kappa shape index (κ3) is 6.03. The van der Waals surface area contributed by atoms with Gasteiger partial charge in [-0.2, -0.15) is 0 Å². The molecule has 0 radical (unpaired) electrons. The smallest absolute Gasteiger partial charge is 0.0701 e. The molecule has 0 saturated carbocycles. The van der Waals surface area contributed by atoms with Crippen LogP contribution in [0.25, 0.3) is 0 Å². The van der Waals surface area contributed by atoms with E-state index < -0.39 is 0 Å². The standard InChI is InChI=1S/C14H24BrNS/c1-10(2)8-16-9-12(11(3)4)7-13-5-6-14(15)17-13/h5-6,10-12,16H,7-9H2,1-4H3. The van der Waals surface area contributed by atoms with Gasteiger partial charge in [0.15, 0.2) is 0 Å². The monoisotopic (exact) mass is 317 g/mol. The summed E-state index contributed by atoms with van der Waals surface area (Å²) < 4.78 is 1.24. The van der Waals surface area contributed by atoms with E-state index in [2.05, 4.69) is 61.1 Å². The normalized spacial score (nSPS) is 13.6. The minimum atomic E-state index is 0.732. The zero-order valence-corrected chi connectivity index (χ0v) is 13.7. The van der Waals surface area contributed by atoms with Gasteiger partial charge >= 0.3 is 0 Å². The van der Waals surface area contributed by atoms with Crippen LogP contribution in [-0.4, -0.2) is 13.1 Å². The Morgan fingerprint density at radius 1 is 1.18 bits per heavy atom. The van der Waals surface area contributed by atoms with Crippen molar-refractivity contribution in [2.24, 2.45) is 17.8 Å². The lowest BCUT2D eigenvalue weighted by molar-refractivity contribution is 0.354. The van der Waals surface area contributed by atoms with Crippen LogP contribution >= 0.6 is 27.3 Å². The van der Waals surface area contributed by atoms with Crippen molar-refractivity contribution in [3.63, 3.8) is 0 Å². The summed E-state index contributed by atoms with van der Waals surface area (Å²) in [6, 6.07) is 4.39. The Hall–Kier alpha value is 0.140. The fraction of sp³-hybridized carbons (Fsp3) is 0.714. The largest absolute Gasteiger partial charge is 0.316 e. The highest BCUT2D eigenvalue weighted by Gasteiger charge is 2.15. The van der Waals surface area contributed by atoms with Gasteiger partial charge in [-0.3, -0.25) is 0 Å². The summed E-state index contributed by atoms with van der Waals surface area (Å²) in [5, 5.41) is 3.59. The van der Waals surface area contributed by atoms with Gasteiger partial charge in [-0.15, -0.1) is 11.3 Å². The molecule has 0 aromatic carbocycles. The van der Waals surface area contributed by atoms with E-state index in [-0.39, 0.29) is 0 Å². The molecule has 1 nitrogen and oxygen atoms in total. The van der Waals surface area contributed by atoms with Crippen LogP contribution < -0.4 is 5.32 Å². The Morgan fingerprint density at radius 3 is 2.35 bits per heavy atom. The van der Waals surface area contributed by atoms with Crippen LogP contribution in [0, 0.1) is 17.8 Å². The molecule has 1 rings (SSSR count). The molecule has 0 spiro atoms. The van der Waals surface area contributed by atoms with Gasteiger partial charge < -0.3 is 5.32 Å². The number of hydrogen-bond donors (Lipinski definition) is 1. The Kier molecular flexibility index (Phi) is 6.75. The van der Waals surface area contributed by atoms with Crippen molar-refractivity contribution in [1.82, 2.24) is 5.32 Å². The first-order valence-corrected chi connectivity index (χ1v) is 8.05.